The van der Waals surface area contributed by atoms with Crippen molar-refractivity contribution in [3.63, 3.8) is 0 Å². The van der Waals surface area contributed by atoms with E-state index in [1.54, 1.807) is 0 Å². The largest absolute Gasteiger partial charge is 0.453 e. The van der Waals surface area contributed by atoms with Gasteiger partial charge in [-0.3, -0.25) is 4.79 Å². The lowest BCUT2D eigenvalue weighted by atomic mass is 10.0. The van der Waals surface area contributed by atoms with E-state index in [1.165, 1.54) is 7.11 Å². The number of nitrogens with zero attached hydrogens (tertiary/aromatic N) is 1. The molecule has 22 heavy (non-hydrogen) atoms. The van der Waals surface area contributed by atoms with Crippen LogP contribution in [0.1, 0.15) is 61.8 Å². The maximum Gasteiger partial charge on any atom is 0.407 e. The molecule has 0 radical (unpaired) electrons. The van der Waals surface area contributed by atoms with Gasteiger partial charge in [-0.25, -0.2) is 4.79 Å². The Morgan fingerprint density at radius 1 is 1.23 bits per heavy atom. The molecule has 2 amide bonds. The van der Waals surface area contributed by atoms with Crippen molar-refractivity contribution < 1.29 is 14.3 Å². The molecular formula is C17H36N2O3. The van der Waals surface area contributed by atoms with Crippen molar-refractivity contribution in [1.29, 1.82) is 0 Å². The molecule has 0 aromatic rings. The van der Waals surface area contributed by atoms with Crippen LogP contribution in [0.15, 0.2) is 0 Å². The topological polar surface area (TPSA) is 58.6 Å². The van der Waals surface area contributed by atoms with Crippen molar-refractivity contribution in [2.75, 3.05) is 13.7 Å². The SMILES string of the molecule is CC.CC.CCN(C(=O)C(NC(=O)OC)C(C)C)C1CC1C. The normalized spacial score (nSPS) is 19.7. The molecule has 1 saturated carbocycles. The quantitative estimate of drug-likeness (QED) is 0.842. The second kappa shape index (κ2) is 12.3. The van der Waals surface area contributed by atoms with E-state index in [2.05, 4.69) is 17.0 Å². The van der Waals surface area contributed by atoms with Crippen molar-refractivity contribution >= 4 is 12.0 Å². The molecule has 0 aliphatic heterocycles. The van der Waals surface area contributed by atoms with Crippen LogP contribution in [0.5, 0.6) is 0 Å². The lowest BCUT2D eigenvalue weighted by molar-refractivity contribution is -0.135. The van der Waals surface area contributed by atoms with Gasteiger partial charge in [0.2, 0.25) is 5.91 Å². The maximum absolute atomic E-state index is 12.5. The number of methoxy groups -OCH3 is 1. The zero-order valence-corrected chi connectivity index (χ0v) is 15.9. The van der Waals surface area contributed by atoms with Crippen LogP contribution in [0, 0.1) is 11.8 Å². The summed E-state index contributed by atoms with van der Waals surface area (Å²) in [4.78, 5) is 25.6. The predicted molar refractivity (Wildman–Crippen MR) is 91.8 cm³/mol. The number of carbonyl (C=O) groups is 2. The predicted octanol–water partition coefficient (Wildman–Crippen LogP) is 3.68. The van der Waals surface area contributed by atoms with Crippen LogP contribution in [0.2, 0.25) is 0 Å². The van der Waals surface area contributed by atoms with Gasteiger partial charge in [-0.05, 0) is 25.2 Å². The highest BCUT2D eigenvalue weighted by Gasteiger charge is 2.42. The molecule has 5 heteroatoms. The number of nitrogens with one attached hydrogen (secondary N) is 1. The molecule has 3 atom stereocenters. The Balaban J connectivity index is 0. The first-order valence-corrected chi connectivity index (χ1v) is 8.57. The maximum atomic E-state index is 12.5. The fourth-order valence-electron chi connectivity index (χ4n) is 2.17. The summed E-state index contributed by atoms with van der Waals surface area (Å²) in [7, 11) is 1.30. The molecule has 0 spiro atoms. The standard InChI is InChI=1S/C13H24N2O3.2C2H6/c1-6-15(10-7-9(10)4)12(16)11(8(2)3)14-13(17)18-5;2*1-2/h8-11H,6-7H2,1-5H3,(H,14,17);2*1-2H3. The summed E-state index contributed by atoms with van der Waals surface area (Å²) < 4.78 is 4.57. The van der Waals surface area contributed by atoms with E-state index in [-0.39, 0.29) is 11.8 Å². The highest BCUT2D eigenvalue weighted by atomic mass is 16.5. The van der Waals surface area contributed by atoms with E-state index in [4.69, 9.17) is 0 Å². The third kappa shape index (κ3) is 7.14. The fourth-order valence-corrected chi connectivity index (χ4v) is 2.17. The van der Waals surface area contributed by atoms with E-state index in [9.17, 15) is 9.59 Å². The van der Waals surface area contributed by atoms with Crippen molar-refractivity contribution in [1.82, 2.24) is 10.2 Å². The van der Waals surface area contributed by atoms with Gasteiger partial charge in [0.1, 0.15) is 6.04 Å². The molecule has 1 aliphatic carbocycles. The molecule has 1 N–H and O–H groups in total. The monoisotopic (exact) mass is 316 g/mol. The van der Waals surface area contributed by atoms with Crippen molar-refractivity contribution in [2.45, 2.75) is 73.9 Å². The van der Waals surface area contributed by atoms with Gasteiger partial charge in [-0.2, -0.15) is 0 Å². The minimum absolute atomic E-state index is 0.00718. The number of ether oxygens (including phenoxy) is 1. The summed E-state index contributed by atoms with van der Waals surface area (Å²) >= 11 is 0. The number of hydrogen-bond donors (Lipinski definition) is 1. The number of rotatable bonds is 5. The van der Waals surface area contributed by atoms with Crippen molar-refractivity contribution in [2.24, 2.45) is 11.8 Å². The zero-order chi connectivity index (χ0) is 17.9. The molecule has 0 saturated heterocycles. The van der Waals surface area contributed by atoms with Crippen LogP contribution in [-0.2, 0) is 9.53 Å². The van der Waals surface area contributed by atoms with Crippen LogP contribution in [0.25, 0.3) is 0 Å². The van der Waals surface area contributed by atoms with Crippen LogP contribution in [0.3, 0.4) is 0 Å². The molecule has 0 heterocycles. The summed E-state index contributed by atoms with van der Waals surface area (Å²) in [5.74, 6) is 0.604. The van der Waals surface area contributed by atoms with Gasteiger partial charge >= 0.3 is 6.09 Å². The Bertz CT molecular complexity index is 319. The van der Waals surface area contributed by atoms with Gasteiger partial charge in [0.15, 0.2) is 0 Å². The number of amides is 2. The Labute approximate surface area is 136 Å². The summed E-state index contributed by atoms with van der Waals surface area (Å²) in [5.41, 5.74) is 0. The van der Waals surface area contributed by atoms with Crippen LogP contribution in [-0.4, -0.2) is 42.6 Å². The van der Waals surface area contributed by atoms with E-state index in [1.807, 2.05) is 53.4 Å². The van der Waals surface area contributed by atoms with Gasteiger partial charge in [0.25, 0.3) is 0 Å². The summed E-state index contributed by atoms with van der Waals surface area (Å²) in [6, 6.07) is -0.173. The Hall–Kier alpha value is -1.26. The van der Waals surface area contributed by atoms with Gasteiger partial charge in [-0.15, -0.1) is 0 Å². The van der Waals surface area contributed by atoms with Crippen molar-refractivity contribution in [3.05, 3.63) is 0 Å². The lowest BCUT2D eigenvalue weighted by Crippen LogP contribution is -2.52. The molecule has 1 fully saturated rings. The molecule has 0 aromatic heterocycles. The molecule has 1 aliphatic rings. The number of hydrogen-bond acceptors (Lipinski definition) is 3. The summed E-state index contributed by atoms with van der Waals surface area (Å²) in [6.07, 6.45) is 0.504. The third-order valence-corrected chi connectivity index (χ3v) is 3.48. The zero-order valence-electron chi connectivity index (χ0n) is 15.9. The van der Waals surface area contributed by atoms with Crippen LogP contribution < -0.4 is 5.32 Å². The average molecular weight is 316 g/mol. The highest BCUT2D eigenvalue weighted by Crippen LogP contribution is 2.35. The Morgan fingerprint density at radius 3 is 1.95 bits per heavy atom. The minimum Gasteiger partial charge on any atom is -0.453 e. The van der Waals surface area contributed by atoms with Crippen molar-refractivity contribution in [3.8, 4) is 0 Å². The third-order valence-electron chi connectivity index (χ3n) is 3.48. The van der Waals surface area contributed by atoms with E-state index >= 15 is 0 Å². The lowest BCUT2D eigenvalue weighted by Gasteiger charge is -2.29. The first-order valence-electron chi connectivity index (χ1n) is 8.57. The van der Waals surface area contributed by atoms with Gasteiger partial charge in [-0.1, -0.05) is 48.5 Å². The van der Waals surface area contributed by atoms with Gasteiger partial charge < -0.3 is 15.0 Å². The van der Waals surface area contributed by atoms with E-state index in [0.29, 0.717) is 18.5 Å². The molecule has 132 valence electrons. The molecular weight excluding hydrogens is 280 g/mol. The summed E-state index contributed by atoms with van der Waals surface area (Å²) in [6.45, 7) is 16.6. The van der Waals surface area contributed by atoms with Crippen LogP contribution in [0.4, 0.5) is 4.79 Å². The molecule has 1 rings (SSSR count). The first kappa shape index (κ1) is 23.0. The van der Waals surface area contributed by atoms with Crippen LogP contribution >= 0.6 is 0 Å². The fraction of sp³-hybridized carbons (Fsp3) is 0.882. The number of alkyl carbamates (subject to hydrolysis) is 1. The second-order valence-corrected chi connectivity index (χ2v) is 5.26. The Kier molecular flexibility index (Phi) is 12.9. The average Bonchev–Trinajstić information content (AvgIpc) is 3.25. The van der Waals surface area contributed by atoms with E-state index < -0.39 is 12.1 Å². The van der Waals surface area contributed by atoms with Gasteiger partial charge in [0.05, 0.1) is 7.11 Å². The van der Waals surface area contributed by atoms with Gasteiger partial charge in [0, 0.05) is 12.6 Å². The minimum atomic E-state index is -0.554. The molecule has 3 unspecified atom stereocenters. The Morgan fingerprint density at radius 2 is 1.68 bits per heavy atom. The first-order chi connectivity index (χ1) is 10.4. The highest BCUT2D eigenvalue weighted by molar-refractivity contribution is 5.86. The number of likely N-dealkylation sites (N-methyl/N-ethyl adjacent to an activating group) is 1. The second-order valence-electron chi connectivity index (χ2n) is 5.26. The van der Waals surface area contributed by atoms with E-state index in [0.717, 1.165) is 6.42 Å². The molecule has 0 aromatic carbocycles. The smallest absolute Gasteiger partial charge is 0.407 e. The molecule has 5 nitrogen and oxygen atoms in total. The summed E-state index contributed by atoms with van der Waals surface area (Å²) in [5, 5.41) is 2.63. The molecule has 0 bridgehead atoms. The number of carbonyl (C=O) groups excluding carboxylic acids is 2.